The first kappa shape index (κ1) is 21.5. The van der Waals surface area contributed by atoms with Gasteiger partial charge in [0.2, 0.25) is 0 Å². The van der Waals surface area contributed by atoms with Gasteiger partial charge in [-0.1, -0.05) is 30.3 Å². The number of carboxylic acid groups (broad SMARTS) is 2. The highest BCUT2D eigenvalue weighted by Crippen LogP contribution is 2.35. The summed E-state index contributed by atoms with van der Waals surface area (Å²) in [7, 11) is 1.75. The van der Waals surface area contributed by atoms with Crippen LogP contribution in [0.2, 0.25) is 0 Å². The minimum Gasteiger partial charge on any atom is -0.479 e. The summed E-state index contributed by atoms with van der Waals surface area (Å²) in [6.07, 6.45) is -2.93. The molecule has 2 unspecified atom stereocenters. The lowest BCUT2D eigenvalue weighted by Crippen LogP contribution is -2.52. The third-order valence-corrected chi connectivity index (χ3v) is 4.65. The lowest BCUT2D eigenvalue weighted by molar-refractivity contribution is -0.165. The molecular weight excluding hydrogens is 370 g/mol. The summed E-state index contributed by atoms with van der Waals surface area (Å²) in [4.78, 5) is 32.0. The van der Waals surface area contributed by atoms with E-state index in [0.29, 0.717) is 6.54 Å². The standard InChI is InChI=1S/C14H17N3O.C4H6O6/c1-17-13(18)14(9-11-5-3-2-4-6-11)10-15-8-7-12(14)16-17;5-1(3(7)8)2(6)4(9)10/h2-6,15H,7-10H2,1H3;1-2,5-6H,(H,7,8)(H,9,10)/t14-;/m1./s1. The second-order valence-electron chi connectivity index (χ2n) is 6.61. The molecule has 3 rings (SSSR count). The van der Waals surface area contributed by atoms with Crippen molar-refractivity contribution < 1.29 is 34.8 Å². The molecule has 1 aromatic carbocycles. The number of aliphatic hydroxyl groups is 2. The maximum atomic E-state index is 12.4. The molecule has 0 bridgehead atoms. The Morgan fingerprint density at radius 3 is 2.29 bits per heavy atom. The van der Waals surface area contributed by atoms with Crippen LogP contribution in [0.1, 0.15) is 12.0 Å². The normalized spacial score (nSPS) is 23.0. The number of carboxylic acids is 2. The van der Waals surface area contributed by atoms with Crippen LogP contribution in [-0.2, 0) is 20.8 Å². The summed E-state index contributed by atoms with van der Waals surface area (Å²) in [6.45, 7) is 1.61. The highest BCUT2D eigenvalue weighted by Gasteiger charge is 2.50. The van der Waals surface area contributed by atoms with E-state index in [2.05, 4.69) is 22.6 Å². The van der Waals surface area contributed by atoms with E-state index >= 15 is 0 Å². The van der Waals surface area contributed by atoms with Crippen LogP contribution >= 0.6 is 0 Å². The van der Waals surface area contributed by atoms with Gasteiger partial charge >= 0.3 is 11.9 Å². The van der Waals surface area contributed by atoms with Crippen LogP contribution in [0.25, 0.3) is 0 Å². The summed E-state index contributed by atoms with van der Waals surface area (Å²) in [5.74, 6) is -3.42. The number of nitrogens with zero attached hydrogens (tertiary/aromatic N) is 2. The highest BCUT2D eigenvalue weighted by atomic mass is 16.4. The van der Waals surface area contributed by atoms with Crippen molar-refractivity contribution in [3.8, 4) is 0 Å². The third-order valence-electron chi connectivity index (χ3n) is 4.65. The molecule has 2 aliphatic rings. The maximum absolute atomic E-state index is 12.4. The second-order valence-corrected chi connectivity index (χ2v) is 6.61. The van der Waals surface area contributed by atoms with E-state index in [4.69, 9.17) is 20.4 Å². The number of aliphatic hydroxyl groups excluding tert-OH is 2. The van der Waals surface area contributed by atoms with Gasteiger partial charge in [0.25, 0.3) is 5.91 Å². The number of hydrogen-bond acceptors (Lipinski definition) is 7. The number of amides is 1. The summed E-state index contributed by atoms with van der Waals surface area (Å²) in [6, 6.07) is 10.2. The Labute approximate surface area is 161 Å². The molecule has 10 heteroatoms. The Bertz CT molecular complexity index is 750. The number of aliphatic carboxylic acids is 2. The van der Waals surface area contributed by atoms with Crippen LogP contribution in [0.15, 0.2) is 35.4 Å². The van der Waals surface area contributed by atoms with Crippen molar-refractivity contribution in [3.63, 3.8) is 0 Å². The number of nitrogens with one attached hydrogen (secondary N) is 1. The van der Waals surface area contributed by atoms with Crippen molar-refractivity contribution in [1.82, 2.24) is 10.3 Å². The molecule has 152 valence electrons. The maximum Gasteiger partial charge on any atom is 0.335 e. The number of carbonyl (C=O) groups excluding carboxylic acids is 1. The molecular formula is C18H23N3O7. The van der Waals surface area contributed by atoms with E-state index in [9.17, 15) is 14.4 Å². The molecule has 0 aromatic heterocycles. The molecule has 3 atom stereocenters. The zero-order valence-corrected chi connectivity index (χ0v) is 15.3. The molecule has 0 spiro atoms. The van der Waals surface area contributed by atoms with Crippen LogP contribution in [0, 0.1) is 5.41 Å². The molecule has 0 saturated carbocycles. The molecule has 0 radical (unpaired) electrons. The van der Waals surface area contributed by atoms with Crippen molar-refractivity contribution in [3.05, 3.63) is 35.9 Å². The predicted molar refractivity (Wildman–Crippen MR) is 97.6 cm³/mol. The minimum absolute atomic E-state index is 0.119. The summed E-state index contributed by atoms with van der Waals surface area (Å²) in [5, 5.41) is 41.8. The van der Waals surface area contributed by atoms with E-state index < -0.39 is 29.6 Å². The number of fused-ring (bicyclic) bond motifs is 1. The van der Waals surface area contributed by atoms with Crippen LogP contribution in [0.4, 0.5) is 0 Å². The Morgan fingerprint density at radius 2 is 1.75 bits per heavy atom. The zero-order chi connectivity index (χ0) is 20.9. The van der Waals surface area contributed by atoms with E-state index in [1.807, 2.05) is 18.2 Å². The van der Waals surface area contributed by atoms with Gasteiger partial charge in [-0.25, -0.2) is 14.6 Å². The number of carbonyl (C=O) groups is 3. The molecule has 0 aliphatic carbocycles. The third kappa shape index (κ3) is 4.53. The average Bonchev–Trinajstić information content (AvgIpc) is 2.92. The molecule has 1 fully saturated rings. The van der Waals surface area contributed by atoms with Crippen molar-refractivity contribution in [2.24, 2.45) is 10.5 Å². The van der Waals surface area contributed by atoms with Crippen molar-refractivity contribution in [1.29, 1.82) is 0 Å². The van der Waals surface area contributed by atoms with E-state index in [1.54, 1.807) is 7.05 Å². The smallest absolute Gasteiger partial charge is 0.335 e. The quantitative estimate of drug-likeness (QED) is 0.422. The number of benzene rings is 1. The van der Waals surface area contributed by atoms with Crippen LogP contribution in [-0.4, -0.2) is 81.3 Å². The molecule has 1 amide bonds. The predicted octanol–water partition coefficient (Wildman–Crippen LogP) is -1.09. The fourth-order valence-corrected chi connectivity index (χ4v) is 3.19. The molecule has 28 heavy (non-hydrogen) atoms. The molecule has 2 heterocycles. The highest BCUT2D eigenvalue weighted by molar-refractivity contribution is 6.13. The average molecular weight is 393 g/mol. The minimum atomic E-state index is -2.27. The van der Waals surface area contributed by atoms with Crippen molar-refractivity contribution in [2.45, 2.75) is 25.0 Å². The van der Waals surface area contributed by atoms with Crippen molar-refractivity contribution >= 4 is 23.6 Å². The van der Waals surface area contributed by atoms with Gasteiger partial charge in [-0.15, -0.1) is 0 Å². The monoisotopic (exact) mass is 393 g/mol. The first-order valence-electron chi connectivity index (χ1n) is 8.61. The number of hydrogen-bond donors (Lipinski definition) is 5. The topological polar surface area (TPSA) is 160 Å². The van der Waals surface area contributed by atoms with Crippen LogP contribution in [0.5, 0.6) is 0 Å². The summed E-state index contributed by atoms with van der Waals surface area (Å²) >= 11 is 0. The lowest BCUT2D eigenvalue weighted by Gasteiger charge is -2.33. The Hall–Kier alpha value is -2.82. The van der Waals surface area contributed by atoms with Gasteiger partial charge in [0.05, 0.1) is 5.71 Å². The SMILES string of the molecule is CN1N=C2CCNC[C@@]2(Cc2ccccc2)C1=O.O=C(O)C(O)C(O)C(=O)O. The number of piperidine rings is 1. The summed E-state index contributed by atoms with van der Waals surface area (Å²) < 4.78 is 0. The molecule has 1 aromatic rings. The lowest BCUT2D eigenvalue weighted by atomic mass is 9.74. The van der Waals surface area contributed by atoms with Gasteiger partial charge in [-0.2, -0.15) is 5.10 Å². The van der Waals surface area contributed by atoms with Gasteiger partial charge in [-0.05, 0) is 12.0 Å². The number of rotatable bonds is 5. The van der Waals surface area contributed by atoms with E-state index in [0.717, 1.165) is 25.1 Å². The van der Waals surface area contributed by atoms with E-state index in [1.165, 1.54) is 10.6 Å². The van der Waals surface area contributed by atoms with Gasteiger partial charge in [-0.3, -0.25) is 4.79 Å². The van der Waals surface area contributed by atoms with Gasteiger partial charge in [0.15, 0.2) is 12.2 Å². The largest absolute Gasteiger partial charge is 0.479 e. The van der Waals surface area contributed by atoms with Gasteiger partial charge in [0.1, 0.15) is 5.41 Å². The first-order valence-corrected chi connectivity index (χ1v) is 8.61. The summed E-state index contributed by atoms with van der Waals surface area (Å²) in [5.41, 5.74) is 1.78. The van der Waals surface area contributed by atoms with Crippen molar-refractivity contribution in [2.75, 3.05) is 20.1 Å². The molecule has 10 nitrogen and oxygen atoms in total. The van der Waals surface area contributed by atoms with E-state index in [-0.39, 0.29) is 5.91 Å². The Balaban J connectivity index is 0.000000242. The molecule has 2 aliphatic heterocycles. The first-order chi connectivity index (χ1) is 13.2. The Kier molecular flexibility index (Phi) is 6.84. The molecule has 5 N–H and O–H groups in total. The van der Waals surface area contributed by atoms with Gasteiger partial charge in [0, 0.05) is 26.6 Å². The number of hydrazone groups is 1. The van der Waals surface area contributed by atoms with Crippen LogP contribution < -0.4 is 5.32 Å². The zero-order valence-electron chi connectivity index (χ0n) is 15.3. The Morgan fingerprint density at radius 1 is 1.18 bits per heavy atom. The fraction of sp³-hybridized carbons (Fsp3) is 0.444. The van der Waals surface area contributed by atoms with Gasteiger partial charge < -0.3 is 25.7 Å². The second kappa shape index (κ2) is 8.91. The molecule has 1 saturated heterocycles. The fourth-order valence-electron chi connectivity index (χ4n) is 3.19. The van der Waals surface area contributed by atoms with Crippen LogP contribution in [0.3, 0.4) is 0 Å².